The first-order valence-corrected chi connectivity index (χ1v) is 10.9. The van der Waals surface area contributed by atoms with Gasteiger partial charge in [0.05, 0.1) is 4.90 Å². The molecule has 1 fully saturated rings. The number of amides is 1. The molecular weight excluding hydrogens is 388 g/mol. The van der Waals surface area contributed by atoms with Crippen LogP contribution >= 0.6 is 0 Å². The van der Waals surface area contributed by atoms with E-state index in [1.54, 1.807) is 29.2 Å². The minimum absolute atomic E-state index is 0.0555. The van der Waals surface area contributed by atoms with Crippen molar-refractivity contribution >= 4 is 26.7 Å². The number of para-hydroxylation sites is 1. The topological polar surface area (TPSA) is 66.9 Å². The van der Waals surface area contributed by atoms with E-state index in [-0.39, 0.29) is 25.6 Å². The number of carbonyl (C=O) groups excluding carboxylic acids is 1. The van der Waals surface area contributed by atoms with Gasteiger partial charge in [-0.1, -0.05) is 54.6 Å². The van der Waals surface area contributed by atoms with Gasteiger partial charge in [0, 0.05) is 31.6 Å². The molecule has 0 saturated carbocycles. The Labute approximate surface area is 170 Å². The van der Waals surface area contributed by atoms with Crippen molar-refractivity contribution in [2.75, 3.05) is 32.8 Å². The fourth-order valence-corrected chi connectivity index (χ4v) is 5.13. The number of hydrogen-bond acceptors (Lipinski definition) is 4. The third-order valence-electron chi connectivity index (χ3n) is 5.06. The van der Waals surface area contributed by atoms with Crippen molar-refractivity contribution in [2.45, 2.75) is 4.90 Å². The van der Waals surface area contributed by atoms with E-state index < -0.39 is 10.0 Å². The Morgan fingerprint density at radius 1 is 0.828 bits per heavy atom. The smallest absolute Gasteiger partial charge is 0.260 e. The van der Waals surface area contributed by atoms with Gasteiger partial charge in [-0.3, -0.25) is 4.79 Å². The highest BCUT2D eigenvalue weighted by Crippen LogP contribution is 2.26. The lowest BCUT2D eigenvalue weighted by atomic mass is 10.1. The fourth-order valence-electron chi connectivity index (χ4n) is 3.49. The number of rotatable bonds is 5. The lowest BCUT2D eigenvalue weighted by Gasteiger charge is -2.34. The molecule has 150 valence electrons. The number of piperazine rings is 1. The minimum Gasteiger partial charge on any atom is -0.484 e. The van der Waals surface area contributed by atoms with Crippen LogP contribution in [-0.2, 0) is 14.8 Å². The predicted molar refractivity (Wildman–Crippen MR) is 111 cm³/mol. The number of fused-ring (bicyclic) bond motifs is 1. The lowest BCUT2D eigenvalue weighted by Crippen LogP contribution is -2.51. The van der Waals surface area contributed by atoms with Crippen molar-refractivity contribution < 1.29 is 17.9 Å². The van der Waals surface area contributed by atoms with Crippen LogP contribution in [0.3, 0.4) is 0 Å². The van der Waals surface area contributed by atoms with Crippen LogP contribution in [0.2, 0.25) is 0 Å². The van der Waals surface area contributed by atoms with Gasteiger partial charge in [0.25, 0.3) is 5.91 Å². The van der Waals surface area contributed by atoms with E-state index in [1.807, 2.05) is 48.5 Å². The largest absolute Gasteiger partial charge is 0.484 e. The molecule has 7 heteroatoms. The molecule has 1 heterocycles. The van der Waals surface area contributed by atoms with Gasteiger partial charge in [-0.25, -0.2) is 8.42 Å². The zero-order chi connectivity index (χ0) is 20.3. The average molecular weight is 410 g/mol. The molecule has 1 aliphatic heterocycles. The number of sulfonamides is 1. The van der Waals surface area contributed by atoms with Crippen LogP contribution in [0.25, 0.3) is 10.8 Å². The Kier molecular flexibility index (Phi) is 5.51. The summed E-state index contributed by atoms with van der Waals surface area (Å²) < 4.78 is 33.3. The Morgan fingerprint density at radius 3 is 2.24 bits per heavy atom. The standard InChI is InChI=1S/C22H22N2O4S/c25-22(17-28-19-9-2-1-3-10-19)23-13-15-24(16-14-23)29(26,27)21-12-6-8-18-7-4-5-11-20(18)21/h1-12H,13-17H2. The summed E-state index contributed by atoms with van der Waals surface area (Å²) in [5, 5.41) is 1.60. The number of nitrogens with zero attached hydrogens (tertiary/aromatic N) is 2. The summed E-state index contributed by atoms with van der Waals surface area (Å²) in [6.07, 6.45) is 0. The maximum absolute atomic E-state index is 13.2. The Morgan fingerprint density at radius 2 is 1.48 bits per heavy atom. The third-order valence-corrected chi connectivity index (χ3v) is 7.02. The molecule has 3 aromatic carbocycles. The predicted octanol–water partition coefficient (Wildman–Crippen LogP) is 2.75. The van der Waals surface area contributed by atoms with Crippen molar-refractivity contribution in [2.24, 2.45) is 0 Å². The molecule has 1 aliphatic rings. The molecular formula is C22H22N2O4S. The second-order valence-corrected chi connectivity index (χ2v) is 8.77. The number of ether oxygens (including phenoxy) is 1. The van der Waals surface area contributed by atoms with Crippen molar-refractivity contribution in [3.8, 4) is 5.75 Å². The SMILES string of the molecule is O=C(COc1ccccc1)N1CCN(S(=O)(=O)c2cccc3ccccc23)CC1. The molecule has 0 aromatic heterocycles. The molecule has 1 amide bonds. The molecule has 0 unspecified atom stereocenters. The molecule has 0 atom stereocenters. The Bertz CT molecular complexity index is 1100. The van der Waals surface area contributed by atoms with Gasteiger partial charge in [-0.05, 0) is 23.6 Å². The average Bonchev–Trinajstić information content (AvgIpc) is 2.78. The van der Waals surface area contributed by atoms with Crippen LogP contribution in [0.1, 0.15) is 0 Å². The van der Waals surface area contributed by atoms with Gasteiger partial charge in [0.15, 0.2) is 6.61 Å². The first-order valence-electron chi connectivity index (χ1n) is 9.49. The highest BCUT2D eigenvalue weighted by atomic mass is 32.2. The first-order chi connectivity index (χ1) is 14.1. The van der Waals surface area contributed by atoms with Crippen LogP contribution in [0.15, 0.2) is 77.7 Å². The summed E-state index contributed by atoms with van der Waals surface area (Å²) in [6, 6.07) is 21.9. The summed E-state index contributed by atoms with van der Waals surface area (Å²) in [5.74, 6) is 0.495. The van der Waals surface area contributed by atoms with E-state index in [0.717, 1.165) is 5.39 Å². The van der Waals surface area contributed by atoms with E-state index >= 15 is 0 Å². The van der Waals surface area contributed by atoms with E-state index in [2.05, 4.69) is 0 Å². The van der Waals surface area contributed by atoms with Crippen molar-refractivity contribution in [3.63, 3.8) is 0 Å². The van der Waals surface area contributed by atoms with Crippen LogP contribution in [0, 0.1) is 0 Å². The minimum atomic E-state index is -3.63. The summed E-state index contributed by atoms with van der Waals surface area (Å²) in [5.41, 5.74) is 0. The third kappa shape index (κ3) is 4.11. The van der Waals surface area contributed by atoms with E-state index in [1.165, 1.54) is 4.31 Å². The molecule has 0 N–H and O–H groups in total. The summed E-state index contributed by atoms with van der Waals surface area (Å²) in [4.78, 5) is 14.4. The highest BCUT2D eigenvalue weighted by molar-refractivity contribution is 7.89. The number of hydrogen-bond donors (Lipinski definition) is 0. The van der Waals surface area contributed by atoms with Crippen molar-refractivity contribution in [1.29, 1.82) is 0 Å². The molecule has 0 radical (unpaired) electrons. The van der Waals surface area contributed by atoms with Crippen LogP contribution in [0.4, 0.5) is 0 Å². The van der Waals surface area contributed by atoms with Crippen LogP contribution < -0.4 is 4.74 Å². The molecule has 3 aromatic rings. The van der Waals surface area contributed by atoms with Gasteiger partial charge < -0.3 is 9.64 Å². The second-order valence-electron chi connectivity index (χ2n) is 6.86. The first kappa shape index (κ1) is 19.4. The number of benzene rings is 3. The zero-order valence-electron chi connectivity index (χ0n) is 15.9. The fraction of sp³-hybridized carbons (Fsp3) is 0.227. The number of carbonyl (C=O) groups is 1. The summed E-state index contributed by atoms with van der Waals surface area (Å²) in [6.45, 7) is 1.17. The van der Waals surface area contributed by atoms with Crippen LogP contribution in [0.5, 0.6) is 5.75 Å². The molecule has 4 rings (SSSR count). The second kappa shape index (κ2) is 8.23. The molecule has 0 bridgehead atoms. The van der Waals surface area contributed by atoms with E-state index in [9.17, 15) is 13.2 Å². The van der Waals surface area contributed by atoms with Gasteiger partial charge >= 0.3 is 0 Å². The molecule has 6 nitrogen and oxygen atoms in total. The maximum atomic E-state index is 13.2. The van der Waals surface area contributed by atoms with Gasteiger partial charge in [-0.15, -0.1) is 0 Å². The van der Waals surface area contributed by atoms with Crippen molar-refractivity contribution in [3.05, 3.63) is 72.8 Å². The molecule has 0 aliphatic carbocycles. The van der Waals surface area contributed by atoms with E-state index in [4.69, 9.17) is 4.74 Å². The monoisotopic (exact) mass is 410 g/mol. The molecule has 1 saturated heterocycles. The highest BCUT2D eigenvalue weighted by Gasteiger charge is 2.31. The molecule has 29 heavy (non-hydrogen) atoms. The van der Waals surface area contributed by atoms with Gasteiger partial charge in [-0.2, -0.15) is 4.31 Å². The van der Waals surface area contributed by atoms with Crippen molar-refractivity contribution in [1.82, 2.24) is 9.21 Å². The van der Waals surface area contributed by atoms with Gasteiger partial charge in [0.1, 0.15) is 5.75 Å². The lowest BCUT2D eigenvalue weighted by molar-refractivity contribution is -0.134. The summed E-state index contributed by atoms with van der Waals surface area (Å²) in [7, 11) is -3.63. The summed E-state index contributed by atoms with van der Waals surface area (Å²) >= 11 is 0. The normalized spacial score (nSPS) is 15.4. The van der Waals surface area contributed by atoms with E-state index in [0.29, 0.717) is 29.1 Å². The quantitative estimate of drug-likeness (QED) is 0.649. The Hall–Kier alpha value is -2.90. The van der Waals surface area contributed by atoms with Gasteiger partial charge in [0.2, 0.25) is 10.0 Å². The zero-order valence-corrected chi connectivity index (χ0v) is 16.7. The molecule has 0 spiro atoms. The van der Waals surface area contributed by atoms with Crippen LogP contribution in [-0.4, -0.2) is 56.3 Å². The maximum Gasteiger partial charge on any atom is 0.260 e. The Balaban J connectivity index is 1.41.